The van der Waals surface area contributed by atoms with Gasteiger partial charge in [0.2, 0.25) is 5.82 Å². The molecule has 1 N–H and O–H groups in total. The molecule has 4 rings (SSSR count). The van der Waals surface area contributed by atoms with Gasteiger partial charge in [-0.25, -0.2) is 4.79 Å². The summed E-state index contributed by atoms with van der Waals surface area (Å²) in [7, 11) is 0. The summed E-state index contributed by atoms with van der Waals surface area (Å²) in [5.74, 6) is 0.0997. The van der Waals surface area contributed by atoms with Crippen molar-refractivity contribution in [2.75, 3.05) is 0 Å². The van der Waals surface area contributed by atoms with E-state index in [0.717, 1.165) is 20.6 Å². The zero-order chi connectivity index (χ0) is 22.8. The number of carbonyl (C=O) groups excluding carboxylic acids is 1. The van der Waals surface area contributed by atoms with Gasteiger partial charge in [-0.15, -0.1) is 0 Å². The molecule has 0 fully saturated rings. The quantitative estimate of drug-likeness (QED) is 0.481. The summed E-state index contributed by atoms with van der Waals surface area (Å²) < 4.78 is 12.5. The van der Waals surface area contributed by atoms with Gasteiger partial charge >= 0.3 is 17.5 Å². The number of rotatable bonds is 6. The third kappa shape index (κ3) is 4.00. The standard InChI is InChI=1S/C21H20N6O5/c1-4-26-20(29)16(24-27(21(26)30)14-8-5-12(2)6-9-14)17-23-19(32-25-17)18(28)22-11-15-10-7-13(3)31-15/h5-10H,4,11H2,1-3H3,(H,22,28). The molecule has 11 heteroatoms. The third-order valence-corrected chi connectivity index (χ3v) is 4.71. The van der Waals surface area contributed by atoms with Crippen molar-refractivity contribution in [3.05, 3.63) is 80.2 Å². The molecule has 0 saturated heterocycles. The van der Waals surface area contributed by atoms with Crippen molar-refractivity contribution in [2.24, 2.45) is 0 Å². The first-order valence-electron chi connectivity index (χ1n) is 9.86. The Labute approximate surface area is 181 Å². The average Bonchev–Trinajstić information content (AvgIpc) is 3.43. The molecule has 0 spiro atoms. The Balaban J connectivity index is 1.67. The molecule has 32 heavy (non-hydrogen) atoms. The molecule has 0 aliphatic rings. The number of nitrogens with one attached hydrogen (secondary N) is 1. The zero-order valence-electron chi connectivity index (χ0n) is 17.7. The van der Waals surface area contributed by atoms with E-state index in [1.165, 1.54) is 0 Å². The molecule has 11 nitrogen and oxygen atoms in total. The molecule has 0 atom stereocenters. The fraction of sp³-hybridized carbons (Fsp3) is 0.238. The number of furan rings is 1. The zero-order valence-corrected chi connectivity index (χ0v) is 17.7. The summed E-state index contributed by atoms with van der Waals surface area (Å²) in [5.41, 5.74) is -0.0138. The minimum Gasteiger partial charge on any atom is -0.465 e. The van der Waals surface area contributed by atoms with Crippen molar-refractivity contribution in [1.29, 1.82) is 0 Å². The number of hydrogen-bond acceptors (Lipinski definition) is 8. The van der Waals surface area contributed by atoms with E-state index in [-0.39, 0.29) is 30.5 Å². The summed E-state index contributed by atoms with van der Waals surface area (Å²) in [6, 6.07) is 10.6. The van der Waals surface area contributed by atoms with Gasteiger partial charge in [-0.3, -0.25) is 14.2 Å². The number of nitrogens with zero attached hydrogens (tertiary/aromatic N) is 5. The van der Waals surface area contributed by atoms with Gasteiger partial charge in [0.25, 0.3) is 5.56 Å². The predicted molar refractivity (Wildman–Crippen MR) is 112 cm³/mol. The van der Waals surface area contributed by atoms with E-state index in [0.29, 0.717) is 11.4 Å². The summed E-state index contributed by atoms with van der Waals surface area (Å²) in [6.07, 6.45) is 0. The van der Waals surface area contributed by atoms with Crippen molar-refractivity contribution in [3.8, 4) is 17.2 Å². The molecule has 0 unspecified atom stereocenters. The lowest BCUT2D eigenvalue weighted by molar-refractivity contribution is 0.0904. The molecule has 3 aromatic heterocycles. The highest BCUT2D eigenvalue weighted by molar-refractivity contribution is 5.89. The number of hydrogen-bond donors (Lipinski definition) is 1. The van der Waals surface area contributed by atoms with Crippen molar-refractivity contribution in [3.63, 3.8) is 0 Å². The SMILES string of the molecule is CCn1c(=O)c(-c2noc(C(=O)NCc3ccc(C)o3)n2)nn(-c2ccc(C)cc2)c1=O. The maximum Gasteiger partial charge on any atom is 0.352 e. The molecule has 1 amide bonds. The smallest absolute Gasteiger partial charge is 0.352 e. The monoisotopic (exact) mass is 436 g/mol. The molecule has 0 saturated carbocycles. The van der Waals surface area contributed by atoms with Crippen LogP contribution >= 0.6 is 0 Å². The van der Waals surface area contributed by atoms with Gasteiger partial charge in [0, 0.05) is 6.54 Å². The molecule has 0 radical (unpaired) electrons. The molecule has 3 heterocycles. The van der Waals surface area contributed by atoms with E-state index in [1.807, 2.05) is 19.1 Å². The second kappa shape index (κ2) is 8.46. The van der Waals surface area contributed by atoms with Crippen molar-refractivity contribution >= 4 is 5.91 Å². The van der Waals surface area contributed by atoms with Crippen LogP contribution in [0, 0.1) is 13.8 Å². The van der Waals surface area contributed by atoms with E-state index in [9.17, 15) is 14.4 Å². The van der Waals surface area contributed by atoms with E-state index in [1.54, 1.807) is 38.1 Å². The van der Waals surface area contributed by atoms with E-state index >= 15 is 0 Å². The fourth-order valence-corrected chi connectivity index (χ4v) is 3.02. The van der Waals surface area contributed by atoms with Gasteiger partial charge in [-0.1, -0.05) is 22.9 Å². The first kappa shape index (κ1) is 21.0. The first-order valence-corrected chi connectivity index (χ1v) is 9.86. The minimum absolute atomic E-state index is 0.118. The second-order valence-corrected chi connectivity index (χ2v) is 7.05. The molecule has 0 aliphatic carbocycles. The van der Waals surface area contributed by atoms with Gasteiger partial charge in [-0.2, -0.15) is 14.8 Å². The Bertz CT molecular complexity index is 1390. The topological polar surface area (TPSA) is 138 Å². The van der Waals surface area contributed by atoms with Gasteiger partial charge in [0.15, 0.2) is 5.69 Å². The lowest BCUT2D eigenvalue weighted by Crippen LogP contribution is -2.41. The molecule has 0 aliphatic heterocycles. The highest BCUT2D eigenvalue weighted by Gasteiger charge is 2.22. The number of benzene rings is 1. The molecule has 1 aromatic carbocycles. The minimum atomic E-state index is -0.681. The Morgan fingerprint density at radius 3 is 2.50 bits per heavy atom. The summed E-state index contributed by atoms with van der Waals surface area (Å²) in [5, 5.41) is 10.5. The molecule has 0 bridgehead atoms. The highest BCUT2D eigenvalue weighted by atomic mass is 16.5. The summed E-state index contributed by atoms with van der Waals surface area (Å²) >= 11 is 0. The van der Waals surface area contributed by atoms with Crippen LogP contribution in [0.25, 0.3) is 17.2 Å². The normalized spacial score (nSPS) is 11.0. The lowest BCUT2D eigenvalue weighted by Gasteiger charge is -2.09. The van der Waals surface area contributed by atoms with Crippen LogP contribution in [0.2, 0.25) is 0 Å². The maximum atomic E-state index is 12.8. The molecular formula is C21H20N6O5. The second-order valence-electron chi connectivity index (χ2n) is 7.05. The number of aromatic nitrogens is 5. The largest absolute Gasteiger partial charge is 0.465 e. The molecule has 164 valence electrons. The van der Waals surface area contributed by atoms with Crippen LogP contribution in [0.3, 0.4) is 0 Å². The average molecular weight is 436 g/mol. The first-order chi connectivity index (χ1) is 15.4. The van der Waals surface area contributed by atoms with Crippen LogP contribution < -0.4 is 16.6 Å². The van der Waals surface area contributed by atoms with Gasteiger partial charge in [0.1, 0.15) is 11.5 Å². The maximum absolute atomic E-state index is 12.8. The van der Waals surface area contributed by atoms with Crippen molar-refractivity contribution in [1.82, 2.24) is 29.8 Å². The summed E-state index contributed by atoms with van der Waals surface area (Å²) in [4.78, 5) is 41.9. The number of amides is 1. The summed E-state index contributed by atoms with van der Waals surface area (Å²) in [6.45, 7) is 5.62. The van der Waals surface area contributed by atoms with E-state index in [4.69, 9.17) is 8.94 Å². The van der Waals surface area contributed by atoms with Gasteiger partial charge in [0.05, 0.1) is 12.2 Å². The molecular weight excluding hydrogens is 416 g/mol. The van der Waals surface area contributed by atoms with Gasteiger partial charge < -0.3 is 14.3 Å². The van der Waals surface area contributed by atoms with E-state index < -0.39 is 17.2 Å². The Morgan fingerprint density at radius 1 is 1.09 bits per heavy atom. The number of aryl methyl sites for hydroxylation is 2. The highest BCUT2D eigenvalue weighted by Crippen LogP contribution is 2.11. The van der Waals surface area contributed by atoms with Crippen LogP contribution in [0.4, 0.5) is 0 Å². The predicted octanol–water partition coefficient (Wildman–Crippen LogP) is 1.60. The Hall–Kier alpha value is -4.28. The van der Waals surface area contributed by atoms with E-state index in [2.05, 4.69) is 20.6 Å². The van der Waals surface area contributed by atoms with Crippen molar-refractivity contribution < 1.29 is 13.7 Å². The fourth-order valence-electron chi connectivity index (χ4n) is 3.02. The molecule has 4 aromatic rings. The number of carbonyl (C=O) groups is 1. The Kier molecular flexibility index (Phi) is 5.54. The van der Waals surface area contributed by atoms with Crippen LogP contribution in [0.1, 0.15) is 34.7 Å². The van der Waals surface area contributed by atoms with Crippen LogP contribution in [0.15, 0.2) is 54.9 Å². The van der Waals surface area contributed by atoms with Crippen LogP contribution in [-0.2, 0) is 13.1 Å². The van der Waals surface area contributed by atoms with Crippen LogP contribution in [0.5, 0.6) is 0 Å². The van der Waals surface area contributed by atoms with Crippen LogP contribution in [-0.4, -0.2) is 30.4 Å². The third-order valence-electron chi connectivity index (χ3n) is 4.71. The Morgan fingerprint density at radius 2 is 1.84 bits per heavy atom. The van der Waals surface area contributed by atoms with Gasteiger partial charge in [-0.05, 0) is 45.0 Å². The lowest BCUT2D eigenvalue weighted by atomic mass is 10.2. The van der Waals surface area contributed by atoms with Crippen molar-refractivity contribution in [2.45, 2.75) is 33.9 Å².